The number of rotatable bonds is 11. The van der Waals surface area contributed by atoms with Crippen LogP contribution < -0.4 is 5.32 Å². The van der Waals surface area contributed by atoms with E-state index >= 15 is 0 Å². The molecule has 0 aliphatic carbocycles. The first-order chi connectivity index (χ1) is 14.5. The Bertz CT molecular complexity index is 809. The highest BCUT2D eigenvalue weighted by molar-refractivity contribution is 6.06. The molecule has 0 saturated heterocycles. The molecular formula is C25H37N5. The molecule has 162 valence electrons. The molecular weight excluding hydrogens is 370 g/mol. The molecule has 1 N–H and O–H groups in total. The quantitative estimate of drug-likeness (QED) is 0.347. The Morgan fingerprint density at radius 2 is 1.47 bits per heavy atom. The van der Waals surface area contributed by atoms with E-state index in [1.54, 1.807) is 0 Å². The summed E-state index contributed by atoms with van der Waals surface area (Å²) < 4.78 is 0. The van der Waals surface area contributed by atoms with Gasteiger partial charge in [0, 0.05) is 24.4 Å². The summed E-state index contributed by atoms with van der Waals surface area (Å²) in [6.07, 6.45) is 2.10. The largest absolute Gasteiger partial charge is 0.370 e. The van der Waals surface area contributed by atoms with Crippen molar-refractivity contribution in [1.29, 1.82) is 0 Å². The van der Waals surface area contributed by atoms with E-state index in [4.69, 9.17) is 9.98 Å². The Balaban J connectivity index is 2.24. The molecule has 0 amide bonds. The van der Waals surface area contributed by atoms with Gasteiger partial charge in [0.2, 0.25) is 0 Å². The standard InChI is InChI=1S/C25H37N5/c1-21(22-13-7-6-8-14-22)28-24-16-10-9-15-23(24)25(26-17-11-19-29(2)3)27-18-12-20-30(4)5/h6-10,13-16H,11-12,17-20H2,1-5H3,(H,26,27). The van der Waals surface area contributed by atoms with E-state index in [2.05, 4.69) is 80.6 Å². The first-order valence-electron chi connectivity index (χ1n) is 10.7. The van der Waals surface area contributed by atoms with Crippen LogP contribution in [0.1, 0.15) is 30.9 Å². The normalized spacial score (nSPS) is 12.6. The van der Waals surface area contributed by atoms with E-state index in [1.165, 1.54) is 0 Å². The molecule has 5 heteroatoms. The molecule has 0 heterocycles. The fourth-order valence-corrected chi connectivity index (χ4v) is 3.11. The zero-order valence-corrected chi connectivity index (χ0v) is 19.2. The molecule has 30 heavy (non-hydrogen) atoms. The molecule has 0 aliphatic rings. The lowest BCUT2D eigenvalue weighted by atomic mass is 10.1. The minimum absolute atomic E-state index is 0.796. The molecule has 0 saturated carbocycles. The van der Waals surface area contributed by atoms with E-state index in [-0.39, 0.29) is 0 Å². The van der Waals surface area contributed by atoms with Gasteiger partial charge in [-0.2, -0.15) is 0 Å². The van der Waals surface area contributed by atoms with Crippen LogP contribution in [0.3, 0.4) is 0 Å². The van der Waals surface area contributed by atoms with Gasteiger partial charge in [0.05, 0.1) is 5.69 Å². The SMILES string of the molecule is CC(=Nc1ccccc1C(=NCCCN(C)C)NCCCN(C)C)c1ccccc1. The molecule has 0 aromatic heterocycles. The van der Waals surface area contributed by atoms with Crippen LogP contribution in [-0.4, -0.2) is 75.7 Å². The first kappa shape index (κ1) is 23.8. The van der Waals surface area contributed by atoms with E-state index < -0.39 is 0 Å². The second-order valence-corrected chi connectivity index (χ2v) is 8.05. The van der Waals surface area contributed by atoms with Crippen molar-refractivity contribution in [3.63, 3.8) is 0 Å². The summed E-state index contributed by atoms with van der Waals surface area (Å²) in [6, 6.07) is 18.6. The van der Waals surface area contributed by atoms with Crippen LogP contribution in [0.25, 0.3) is 0 Å². The summed E-state index contributed by atoms with van der Waals surface area (Å²) >= 11 is 0. The minimum Gasteiger partial charge on any atom is -0.370 e. The van der Waals surface area contributed by atoms with Crippen molar-refractivity contribution in [2.45, 2.75) is 19.8 Å². The minimum atomic E-state index is 0.796. The summed E-state index contributed by atoms with van der Waals surface area (Å²) in [7, 11) is 8.40. The summed E-state index contributed by atoms with van der Waals surface area (Å²) in [5, 5.41) is 3.57. The van der Waals surface area contributed by atoms with Gasteiger partial charge in [-0.25, -0.2) is 0 Å². The molecule has 0 bridgehead atoms. The van der Waals surface area contributed by atoms with Crippen molar-refractivity contribution in [1.82, 2.24) is 15.1 Å². The third kappa shape index (κ3) is 8.47. The maximum atomic E-state index is 4.94. The summed E-state index contributed by atoms with van der Waals surface area (Å²) in [5.74, 6) is 0.938. The molecule has 0 fully saturated rings. The van der Waals surface area contributed by atoms with Gasteiger partial charge in [-0.15, -0.1) is 0 Å². The highest BCUT2D eigenvalue weighted by atomic mass is 15.1. The Hall–Kier alpha value is -2.50. The summed E-state index contributed by atoms with van der Waals surface area (Å²) in [5.41, 5.74) is 4.14. The van der Waals surface area contributed by atoms with Gasteiger partial charge in [-0.05, 0) is 78.7 Å². The van der Waals surface area contributed by atoms with Gasteiger partial charge in [0.15, 0.2) is 0 Å². The van der Waals surface area contributed by atoms with Gasteiger partial charge in [-0.3, -0.25) is 9.98 Å². The van der Waals surface area contributed by atoms with Gasteiger partial charge in [0.25, 0.3) is 0 Å². The monoisotopic (exact) mass is 407 g/mol. The van der Waals surface area contributed by atoms with Crippen LogP contribution in [0.4, 0.5) is 5.69 Å². The van der Waals surface area contributed by atoms with E-state index in [0.717, 1.165) is 67.4 Å². The molecule has 2 aromatic rings. The Labute approximate surface area is 182 Å². The Morgan fingerprint density at radius 3 is 2.17 bits per heavy atom. The first-order valence-corrected chi connectivity index (χ1v) is 10.7. The molecule has 0 atom stereocenters. The molecule has 0 radical (unpaired) electrons. The highest BCUT2D eigenvalue weighted by Gasteiger charge is 2.09. The van der Waals surface area contributed by atoms with Crippen LogP contribution in [0.5, 0.6) is 0 Å². The van der Waals surface area contributed by atoms with Crippen LogP contribution >= 0.6 is 0 Å². The third-order valence-electron chi connectivity index (χ3n) is 4.75. The van der Waals surface area contributed by atoms with Gasteiger partial charge < -0.3 is 15.1 Å². The fraction of sp³-hybridized carbons (Fsp3) is 0.440. The van der Waals surface area contributed by atoms with Crippen molar-refractivity contribution >= 4 is 17.2 Å². The predicted molar refractivity (Wildman–Crippen MR) is 131 cm³/mol. The Kier molecular flexibility index (Phi) is 10.3. The number of nitrogens with zero attached hydrogens (tertiary/aromatic N) is 4. The van der Waals surface area contributed by atoms with E-state index in [1.807, 2.05) is 24.3 Å². The van der Waals surface area contributed by atoms with Gasteiger partial charge in [0.1, 0.15) is 5.84 Å². The maximum absolute atomic E-state index is 4.94. The van der Waals surface area contributed by atoms with Crippen LogP contribution in [0.15, 0.2) is 64.6 Å². The van der Waals surface area contributed by atoms with Crippen molar-refractivity contribution in [2.24, 2.45) is 9.98 Å². The lowest BCUT2D eigenvalue weighted by Gasteiger charge is -2.15. The number of benzene rings is 2. The molecule has 0 spiro atoms. The van der Waals surface area contributed by atoms with Crippen molar-refractivity contribution in [3.05, 3.63) is 65.7 Å². The number of aliphatic imine (C=N–C) groups is 2. The van der Waals surface area contributed by atoms with Crippen molar-refractivity contribution < 1.29 is 0 Å². The Morgan fingerprint density at radius 1 is 0.833 bits per heavy atom. The molecule has 2 rings (SSSR count). The number of amidine groups is 1. The molecule has 2 aromatic carbocycles. The lowest BCUT2D eigenvalue weighted by Crippen LogP contribution is -2.28. The number of hydrogen-bond acceptors (Lipinski definition) is 4. The second-order valence-electron chi connectivity index (χ2n) is 8.05. The van der Waals surface area contributed by atoms with Gasteiger partial charge >= 0.3 is 0 Å². The highest BCUT2D eigenvalue weighted by Crippen LogP contribution is 2.21. The van der Waals surface area contributed by atoms with E-state index in [0.29, 0.717) is 0 Å². The van der Waals surface area contributed by atoms with Crippen LogP contribution in [0.2, 0.25) is 0 Å². The predicted octanol–water partition coefficient (Wildman–Crippen LogP) is 4.07. The maximum Gasteiger partial charge on any atom is 0.130 e. The lowest BCUT2D eigenvalue weighted by molar-refractivity contribution is 0.399. The zero-order valence-electron chi connectivity index (χ0n) is 19.2. The zero-order chi connectivity index (χ0) is 21.8. The second kappa shape index (κ2) is 12.9. The molecule has 0 aliphatic heterocycles. The smallest absolute Gasteiger partial charge is 0.130 e. The van der Waals surface area contributed by atoms with Crippen molar-refractivity contribution in [2.75, 3.05) is 54.4 Å². The van der Waals surface area contributed by atoms with E-state index in [9.17, 15) is 0 Å². The summed E-state index contributed by atoms with van der Waals surface area (Å²) in [4.78, 5) is 14.3. The fourth-order valence-electron chi connectivity index (χ4n) is 3.11. The number of para-hydroxylation sites is 1. The average Bonchev–Trinajstić information content (AvgIpc) is 2.73. The number of hydrogen-bond donors (Lipinski definition) is 1. The molecule has 5 nitrogen and oxygen atoms in total. The van der Waals surface area contributed by atoms with Crippen LogP contribution in [0, 0.1) is 0 Å². The van der Waals surface area contributed by atoms with Crippen LogP contribution in [-0.2, 0) is 0 Å². The number of nitrogens with one attached hydrogen (secondary N) is 1. The van der Waals surface area contributed by atoms with Crippen molar-refractivity contribution in [3.8, 4) is 0 Å². The average molecular weight is 408 g/mol. The van der Waals surface area contributed by atoms with Gasteiger partial charge in [-0.1, -0.05) is 42.5 Å². The topological polar surface area (TPSA) is 43.2 Å². The summed E-state index contributed by atoms with van der Waals surface area (Å²) in [6.45, 7) is 5.83. The molecule has 0 unspecified atom stereocenters. The third-order valence-corrected chi connectivity index (χ3v) is 4.75.